The second-order valence-electron chi connectivity index (χ2n) is 7.03. The maximum Gasteiger partial charge on any atom is 0.244 e. The second-order valence-corrected chi connectivity index (χ2v) is 9.35. The third kappa shape index (κ3) is 4.91. The number of sulfonamides is 1. The molecule has 0 bridgehead atoms. The van der Waals surface area contributed by atoms with Crippen LogP contribution in [0.5, 0.6) is 0 Å². The summed E-state index contributed by atoms with van der Waals surface area (Å²) in [5, 5.41) is 2.99. The predicted molar refractivity (Wildman–Crippen MR) is 117 cm³/mol. The van der Waals surface area contributed by atoms with Gasteiger partial charge in [-0.05, 0) is 37.1 Å². The summed E-state index contributed by atoms with van der Waals surface area (Å²) in [6.45, 7) is 5.60. The SMILES string of the molecule is CCN(CC)S(=O)(=O)c1cc(NC(=O)C2CCN(c3ncccn3)CC2)ccc1Cl. The molecule has 3 rings (SSSR count). The fraction of sp³-hybridized carbons (Fsp3) is 0.450. The molecule has 162 valence electrons. The molecule has 0 saturated carbocycles. The van der Waals surface area contributed by atoms with E-state index >= 15 is 0 Å². The number of amides is 1. The number of anilines is 2. The highest BCUT2D eigenvalue weighted by Gasteiger charge is 2.28. The van der Waals surface area contributed by atoms with Gasteiger partial charge in [0.15, 0.2) is 0 Å². The molecule has 10 heteroatoms. The largest absolute Gasteiger partial charge is 0.341 e. The van der Waals surface area contributed by atoms with E-state index in [4.69, 9.17) is 11.6 Å². The van der Waals surface area contributed by atoms with E-state index in [9.17, 15) is 13.2 Å². The maximum absolute atomic E-state index is 12.8. The van der Waals surface area contributed by atoms with Crippen molar-refractivity contribution in [2.45, 2.75) is 31.6 Å². The Morgan fingerprint density at radius 1 is 1.20 bits per heavy atom. The van der Waals surface area contributed by atoms with Crippen LogP contribution in [0.3, 0.4) is 0 Å². The van der Waals surface area contributed by atoms with Crippen LogP contribution >= 0.6 is 11.6 Å². The van der Waals surface area contributed by atoms with Crippen LogP contribution in [0, 0.1) is 5.92 Å². The standard InChI is InChI=1S/C20H26ClN5O3S/c1-3-26(4-2)30(28,29)18-14-16(6-7-17(18)21)24-19(27)15-8-12-25(13-9-15)20-22-10-5-11-23-20/h5-7,10-11,14-15H,3-4,8-9,12-13H2,1-2H3,(H,24,27). The fourth-order valence-electron chi connectivity index (χ4n) is 3.52. The molecular formula is C20H26ClN5O3S. The van der Waals surface area contributed by atoms with Crippen molar-refractivity contribution in [2.75, 3.05) is 36.4 Å². The van der Waals surface area contributed by atoms with Crippen LogP contribution in [0.4, 0.5) is 11.6 Å². The summed E-state index contributed by atoms with van der Waals surface area (Å²) in [5.41, 5.74) is 0.420. The summed E-state index contributed by atoms with van der Waals surface area (Å²) in [5.74, 6) is 0.376. The van der Waals surface area contributed by atoms with Gasteiger partial charge in [0.25, 0.3) is 0 Å². The summed E-state index contributed by atoms with van der Waals surface area (Å²) in [6.07, 6.45) is 4.74. The smallest absolute Gasteiger partial charge is 0.244 e. The molecular weight excluding hydrogens is 426 g/mol. The number of carbonyl (C=O) groups excluding carboxylic acids is 1. The molecule has 0 spiro atoms. The second kappa shape index (κ2) is 9.72. The summed E-state index contributed by atoms with van der Waals surface area (Å²) in [7, 11) is -3.72. The lowest BCUT2D eigenvalue weighted by atomic mass is 9.96. The number of nitrogens with zero attached hydrogens (tertiary/aromatic N) is 4. The minimum atomic E-state index is -3.72. The Balaban J connectivity index is 1.68. The Morgan fingerprint density at radius 2 is 1.83 bits per heavy atom. The maximum atomic E-state index is 12.8. The van der Waals surface area contributed by atoms with Gasteiger partial charge in [-0.1, -0.05) is 25.4 Å². The third-order valence-electron chi connectivity index (χ3n) is 5.22. The third-order valence-corrected chi connectivity index (χ3v) is 7.75. The topological polar surface area (TPSA) is 95.5 Å². The lowest BCUT2D eigenvalue weighted by Crippen LogP contribution is -2.39. The molecule has 1 aromatic heterocycles. The molecule has 8 nitrogen and oxygen atoms in total. The van der Waals surface area contributed by atoms with Gasteiger partial charge in [0.2, 0.25) is 21.9 Å². The Kier molecular flexibility index (Phi) is 7.27. The van der Waals surface area contributed by atoms with Crippen molar-refractivity contribution in [3.8, 4) is 0 Å². The number of piperidine rings is 1. The lowest BCUT2D eigenvalue weighted by molar-refractivity contribution is -0.120. The van der Waals surface area contributed by atoms with Crippen molar-refractivity contribution >= 4 is 39.2 Å². The number of nitrogens with one attached hydrogen (secondary N) is 1. The summed E-state index contributed by atoms with van der Waals surface area (Å²) >= 11 is 6.16. The molecule has 1 aliphatic heterocycles. The van der Waals surface area contributed by atoms with Crippen molar-refractivity contribution in [3.63, 3.8) is 0 Å². The average molecular weight is 452 g/mol. The van der Waals surface area contributed by atoms with Crippen LogP contribution in [0.25, 0.3) is 0 Å². The van der Waals surface area contributed by atoms with Crippen LogP contribution in [0.2, 0.25) is 5.02 Å². The van der Waals surface area contributed by atoms with E-state index in [0.29, 0.717) is 50.7 Å². The molecule has 1 aliphatic rings. The van der Waals surface area contributed by atoms with Gasteiger partial charge >= 0.3 is 0 Å². The minimum Gasteiger partial charge on any atom is -0.341 e. The average Bonchev–Trinajstić information content (AvgIpc) is 2.76. The number of rotatable bonds is 7. The molecule has 1 fully saturated rings. The molecule has 0 aliphatic carbocycles. The summed E-state index contributed by atoms with van der Waals surface area (Å²) in [6, 6.07) is 6.32. The van der Waals surface area contributed by atoms with Gasteiger partial charge in [-0.25, -0.2) is 18.4 Å². The van der Waals surface area contributed by atoms with Crippen molar-refractivity contribution in [3.05, 3.63) is 41.7 Å². The summed E-state index contributed by atoms with van der Waals surface area (Å²) < 4.78 is 27.0. The zero-order valence-corrected chi connectivity index (χ0v) is 18.7. The molecule has 2 aromatic rings. The van der Waals surface area contributed by atoms with Gasteiger partial charge in [-0.3, -0.25) is 4.79 Å². The van der Waals surface area contributed by atoms with Crippen LogP contribution in [0.1, 0.15) is 26.7 Å². The van der Waals surface area contributed by atoms with Crippen molar-refractivity contribution in [1.29, 1.82) is 0 Å². The van der Waals surface area contributed by atoms with Gasteiger partial charge in [-0.15, -0.1) is 0 Å². The van der Waals surface area contributed by atoms with Crippen molar-refractivity contribution in [1.82, 2.24) is 14.3 Å². The van der Waals surface area contributed by atoms with Gasteiger partial charge in [0.05, 0.1) is 5.02 Å². The van der Waals surface area contributed by atoms with E-state index < -0.39 is 10.0 Å². The van der Waals surface area contributed by atoms with Gasteiger partial charge in [0, 0.05) is 50.2 Å². The fourth-order valence-corrected chi connectivity index (χ4v) is 5.48. The minimum absolute atomic E-state index is 0.00159. The monoisotopic (exact) mass is 451 g/mol. The zero-order chi connectivity index (χ0) is 21.7. The quantitative estimate of drug-likeness (QED) is 0.695. The number of halogens is 1. The first kappa shape index (κ1) is 22.5. The van der Waals surface area contributed by atoms with E-state index in [0.717, 1.165) is 0 Å². The van der Waals surface area contributed by atoms with Crippen LogP contribution in [0.15, 0.2) is 41.6 Å². The van der Waals surface area contributed by atoms with Crippen LogP contribution < -0.4 is 10.2 Å². The van der Waals surface area contributed by atoms with E-state index in [1.165, 1.54) is 16.4 Å². The summed E-state index contributed by atoms with van der Waals surface area (Å²) in [4.78, 5) is 23.3. The normalized spacial score (nSPS) is 15.4. The molecule has 30 heavy (non-hydrogen) atoms. The van der Waals surface area contributed by atoms with Crippen molar-refractivity contribution in [2.24, 2.45) is 5.92 Å². The number of benzene rings is 1. The molecule has 0 radical (unpaired) electrons. The zero-order valence-electron chi connectivity index (χ0n) is 17.1. The number of aromatic nitrogens is 2. The molecule has 1 saturated heterocycles. The van der Waals surface area contributed by atoms with E-state index in [1.54, 1.807) is 38.4 Å². The first-order valence-corrected chi connectivity index (χ1v) is 11.8. The molecule has 0 atom stereocenters. The number of carbonyl (C=O) groups is 1. The van der Waals surface area contributed by atoms with Gasteiger partial charge in [0.1, 0.15) is 4.90 Å². The van der Waals surface area contributed by atoms with Gasteiger partial charge in [-0.2, -0.15) is 4.31 Å². The molecule has 1 N–H and O–H groups in total. The Bertz CT molecular complexity index is 975. The van der Waals surface area contributed by atoms with Crippen LogP contribution in [-0.2, 0) is 14.8 Å². The first-order chi connectivity index (χ1) is 14.4. The van der Waals surface area contributed by atoms with Gasteiger partial charge < -0.3 is 10.2 Å². The predicted octanol–water partition coefficient (Wildman–Crippen LogP) is 3.02. The highest BCUT2D eigenvalue weighted by Crippen LogP contribution is 2.29. The molecule has 1 amide bonds. The van der Waals surface area contributed by atoms with Crippen molar-refractivity contribution < 1.29 is 13.2 Å². The first-order valence-electron chi connectivity index (χ1n) is 9.99. The molecule has 2 heterocycles. The highest BCUT2D eigenvalue weighted by molar-refractivity contribution is 7.89. The Morgan fingerprint density at radius 3 is 2.43 bits per heavy atom. The van der Waals surface area contributed by atoms with Crippen LogP contribution in [-0.4, -0.2) is 54.8 Å². The van der Waals surface area contributed by atoms with E-state index in [-0.39, 0.29) is 21.7 Å². The number of hydrogen-bond donors (Lipinski definition) is 1. The Hall–Kier alpha value is -2.23. The molecule has 0 unspecified atom stereocenters. The Labute approximate surface area is 182 Å². The van der Waals surface area contributed by atoms with E-state index in [1.807, 2.05) is 0 Å². The lowest BCUT2D eigenvalue weighted by Gasteiger charge is -2.31. The van der Waals surface area contributed by atoms with E-state index in [2.05, 4.69) is 20.2 Å². The highest BCUT2D eigenvalue weighted by atomic mass is 35.5. The number of hydrogen-bond acceptors (Lipinski definition) is 6. The molecule has 1 aromatic carbocycles.